The van der Waals surface area contributed by atoms with E-state index in [4.69, 9.17) is 11.6 Å². The number of alkyl halides is 1. The molecule has 5 heteroatoms. The van der Waals surface area contributed by atoms with Crippen LogP contribution in [0.2, 0.25) is 0 Å². The van der Waals surface area contributed by atoms with E-state index in [2.05, 4.69) is 0 Å². The van der Waals surface area contributed by atoms with Crippen molar-refractivity contribution in [1.82, 2.24) is 0 Å². The second-order valence-corrected chi connectivity index (χ2v) is 5.45. The van der Waals surface area contributed by atoms with Gasteiger partial charge in [-0.1, -0.05) is 18.2 Å². The molecule has 0 bridgehead atoms. The molecule has 0 saturated heterocycles. The molecule has 19 heavy (non-hydrogen) atoms. The highest BCUT2D eigenvalue weighted by Crippen LogP contribution is 2.27. The summed E-state index contributed by atoms with van der Waals surface area (Å²) in [5, 5.41) is 11.4. The van der Waals surface area contributed by atoms with Gasteiger partial charge in [0.25, 0.3) is 0 Å². The number of carbonyl (C=O) groups is 1. The van der Waals surface area contributed by atoms with Gasteiger partial charge < -0.3 is 5.11 Å². The summed E-state index contributed by atoms with van der Waals surface area (Å²) in [6.07, 6.45) is -0.967. The summed E-state index contributed by atoms with van der Waals surface area (Å²) >= 11 is 7.49. The predicted octanol–water partition coefficient (Wildman–Crippen LogP) is 4.48. The van der Waals surface area contributed by atoms with Crippen molar-refractivity contribution in [3.8, 4) is 0 Å². The lowest BCUT2D eigenvalue weighted by atomic mass is 10.1. The number of aryl methyl sites for hydroxylation is 1. The number of carboxylic acid groups (broad SMARTS) is 1. The molecule has 0 saturated carbocycles. The average molecular weight is 296 g/mol. The molecule has 1 heterocycles. The molecular weight excluding hydrogens is 282 g/mol. The first-order valence-corrected chi connectivity index (χ1v) is 7.22. The van der Waals surface area contributed by atoms with Gasteiger partial charge in [0.1, 0.15) is 0 Å². The molecule has 0 spiro atoms. The fourth-order valence-electron chi connectivity index (χ4n) is 1.93. The van der Waals surface area contributed by atoms with Gasteiger partial charge in [-0.2, -0.15) is 0 Å². The number of hydrogen-bond acceptors (Lipinski definition) is 2. The first-order valence-electron chi connectivity index (χ1n) is 5.80. The van der Waals surface area contributed by atoms with Gasteiger partial charge in [-0.3, -0.25) is 4.90 Å². The van der Waals surface area contributed by atoms with E-state index in [9.17, 15) is 9.90 Å². The van der Waals surface area contributed by atoms with Crippen LogP contribution in [0.15, 0.2) is 35.7 Å². The number of anilines is 1. The molecule has 2 rings (SSSR count). The summed E-state index contributed by atoms with van der Waals surface area (Å²) in [4.78, 5) is 13.8. The van der Waals surface area contributed by atoms with E-state index in [1.807, 2.05) is 36.6 Å². The predicted molar refractivity (Wildman–Crippen MR) is 79.3 cm³/mol. The highest BCUT2D eigenvalue weighted by atomic mass is 35.5. The number of rotatable bonds is 4. The molecule has 100 valence electrons. The Balaban J connectivity index is 2.39. The zero-order chi connectivity index (χ0) is 13.8. The molecule has 0 unspecified atom stereocenters. The maximum absolute atomic E-state index is 11.5. The lowest BCUT2D eigenvalue weighted by Gasteiger charge is -2.22. The number of halogens is 1. The van der Waals surface area contributed by atoms with Gasteiger partial charge in [-0.25, -0.2) is 4.79 Å². The Kier molecular flexibility index (Phi) is 4.45. The van der Waals surface area contributed by atoms with Crippen molar-refractivity contribution >= 4 is 34.7 Å². The highest BCUT2D eigenvalue weighted by Gasteiger charge is 2.19. The van der Waals surface area contributed by atoms with Gasteiger partial charge in [-0.05, 0) is 35.6 Å². The molecule has 0 aliphatic carbocycles. The summed E-state index contributed by atoms with van der Waals surface area (Å²) in [5.41, 5.74) is 2.53. The molecule has 0 atom stereocenters. The summed E-state index contributed by atoms with van der Waals surface area (Å²) in [7, 11) is 0. The monoisotopic (exact) mass is 295 g/mol. The Labute approximate surface area is 121 Å². The van der Waals surface area contributed by atoms with Crippen molar-refractivity contribution in [2.75, 3.05) is 4.90 Å². The van der Waals surface area contributed by atoms with Crippen LogP contribution in [0.1, 0.15) is 16.0 Å². The van der Waals surface area contributed by atoms with Crippen LogP contribution in [-0.4, -0.2) is 11.2 Å². The quantitative estimate of drug-likeness (QED) is 0.845. The summed E-state index contributed by atoms with van der Waals surface area (Å²) < 4.78 is 0. The van der Waals surface area contributed by atoms with E-state index < -0.39 is 6.09 Å². The Morgan fingerprint density at radius 1 is 1.37 bits per heavy atom. The summed E-state index contributed by atoms with van der Waals surface area (Å²) in [6, 6.07) is 9.43. The minimum Gasteiger partial charge on any atom is -0.465 e. The molecular formula is C14H14ClNO2S. The van der Waals surface area contributed by atoms with Gasteiger partial charge in [0.2, 0.25) is 0 Å². The topological polar surface area (TPSA) is 40.5 Å². The molecule has 0 aliphatic heterocycles. The zero-order valence-electron chi connectivity index (χ0n) is 10.5. The Morgan fingerprint density at radius 2 is 2.16 bits per heavy atom. The van der Waals surface area contributed by atoms with Crippen molar-refractivity contribution in [2.45, 2.75) is 19.3 Å². The van der Waals surface area contributed by atoms with Crippen molar-refractivity contribution in [3.05, 3.63) is 51.7 Å². The average Bonchev–Trinajstić information content (AvgIpc) is 2.88. The molecule has 0 radical (unpaired) electrons. The van der Waals surface area contributed by atoms with Crippen LogP contribution in [0, 0.1) is 6.92 Å². The van der Waals surface area contributed by atoms with Gasteiger partial charge in [0, 0.05) is 10.8 Å². The number of benzene rings is 1. The van der Waals surface area contributed by atoms with E-state index in [-0.39, 0.29) is 0 Å². The van der Waals surface area contributed by atoms with Crippen LogP contribution >= 0.6 is 22.9 Å². The molecule has 2 aromatic rings. The van der Waals surface area contributed by atoms with Gasteiger partial charge in [-0.15, -0.1) is 22.9 Å². The number of hydrogen-bond donors (Lipinski definition) is 1. The zero-order valence-corrected chi connectivity index (χ0v) is 12.0. The van der Waals surface area contributed by atoms with Gasteiger partial charge in [0.15, 0.2) is 0 Å². The SMILES string of the molecule is Cc1cccc(N(Cc2cccs2)C(=O)O)c1CCl. The number of amides is 1. The molecule has 1 aromatic carbocycles. The van der Waals surface area contributed by atoms with Crippen molar-refractivity contribution in [1.29, 1.82) is 0 Å². The minimum absolute atomic E-state index is 0.302. The maximum atomic E-state index is 11.5. The Hall–Kier alpha value is -1.52. The normalized spacial score (nSPS) is 10.4. The van der Waals surface area contributed by atoms with Gasteiger partial charge in [0.05, 0.1) is 12.2 Å². The second kappa shape index (κ2) is 6.08. The van der Waals surface area contributed by atoms with Crippen LogP contribution in [0.5, 0.6) is 0 Å². The summed E-state index contributed by atoms with van der Waals surface area (Å²) in [5.74, 6) is 0.302. The van der Waals surface area contributed by atoms with Crippen molar-refractivity contribution < 1.29 is 9.90 Å². The van der Waals surface area contributed by atoms with Crippen LogP contribution in [0.4, 0.5) is 10.5 Å². The lowest BCUT2D eigenvalue weighted by Crippen LogP contribution is -2.29. The van der Waals surface area contributed by atoms with E-state index in [1.54, 1.807) is 17.4 Å². The van der Waals surface area contributed by atoms with E-state index >= 15 is 0 Å². The summed E-state index contributed by atoms with van der Waals surface area (Å²) in [6.45, 7) is 2.28. The smallest absolute Gasteiger partial charge is 0.412 e. The molecule has 3 nitrogen and oxygen atoms in total. The van der Waals surface area contributed by atoms with Crippen molar-refractivity contribution in [2.24, 2.45) is 0 Å². The lowest BCUT2D eigenvalue weighted by molar-refractivity contribution is 0.201. The molecule has 1 aromatic heterocycles. The largest absolute Gasteiger partial charge is 0.465 e. The maximum Gasteiger partial charge on any atom is 0.412 e. The molecule has 0 aliphatic rings. The highest BCUT2D eigenvalue weighted by molar-refractivity contribution is 7.09. The third kappa shape index (κ3) is 3.08. The standard InChI is InChI=1S/C14H14ClNO2S/c1-10-4-2-6-13(12(10)8-15)16(14(17)18)9-11-5-3-7-19-11/h2-7H,8-9H2,1H3,(H,17,18). The Bertz CT molecular complexity index is 569. The van der Waals surface area contributed by atoms with E-state index in [0.29, 0.717) is 18.1 Å². The number of nitrogens with zero attached hydrogens (tertiary/aromatic N) is 1. The van der Waals surface area contributed by atoms with Crippen molar-refractivity contribution in [3.63, 3.8) is 0 Å². The fraction of sp³-hybridized carbons (Fsp3) is 0.214. The van der Waals surface area contributed by atoms with Crippen LogP contribution in [0.3, 0.4) is 0 Å². The fourth-order valence-corrected chi connectivity index (χ4v) is 2.97. The number of thiophene rings is 1. The van der Waals surface area contributed by atoms with Crippen LogP contribution in [-0.2, 0) is 12.4 Å². The van der Waals surface area contributed by atoms with Crippen LogP contribution < -0.4 is 4.90 Å². The van der Waals surface area contributed by atoms with E-state index in [1.165, 1.54) is 4.90 Å². The Morgan fingerprint density at radius 3 is 2.74 bits per heavy atom. The van der Waals surface area contributed by atoms with Gasteiger partial charge >= 0.3 is 6.09 Å². The van der Waals surface area contributed by atoms with E-state index in [0.717, 1.165) is 16.0 Å². The minimum atomic E-state index is -0.967. The second-order valence-electron chi connectivity index (χ2n) is 4.15. The third-order valence-corrected chi connectivity index (χ3v) is 4.06. The van der Waals surface area contributed by atoms with Crippen LogP contribution in [0.25, 0.3) is 0 Å². The molecule has 0 fully saturated rings. The molecule has 1 amide bonds. The third-order valence-electron chi connectivity index (χ3n) is 2.93. The first kappa shape index (κ1) is 13.9. The first-order chi connectivity index (χ1) is 9.13. The molecule has 1 N–H and O–H groups in total.